The highest BCUT2D eigenvalue weighted by molar-refractivity contribution is 7.99. The lowest BCUT2D eigenvalue weighted by Crippen LogP contribution is -2.26. The maximum atomic E-state index is 13.4. The van der Waals surface area contributed by atoms with Crippen molar-refractivity contribution in [2.24, 2.45) is 5.73 Å². The molecule has 0 spiro atoms. The summed E-state index contributed by atoms with van der Waals surface area (Å²) in [7, 11) is 0. The molecule has 0 heterocycles. The van der Waals surface area contributed by atoms with Gasteiger partial charge in [-0.05, 0) is 24.3 Å². The molecule has 1 aromatic rings. The Morgan fingerprint density at radius 1 is 1.53 bits per heavy atom. The second-order valence-corrected chi connectivity index (χ2v) is 5.05. The summed E-state index contributed by atoms with van der Waals surface area (Å²) in [4.78, 5) is 0. The van der Waals surface area contributed by atoms with Crippen molar-refractivity contribution in [2.75, 3.05) is 11.5 Å². The number of nitrogens with two attached hydrogens (primary N) is 1. The molecular weight excluding hydrogens is 233 g/mol. The van der Waals surface area contributed by atoms with Crippen molar-refractivity contribution in [1.29, 1.82) is 0 Å². The largest absolute Gasteiger partial charge is 0.327 e. The number of halogens is 2. The van der Waals surface area contributed by atoms with E-state index in [1.165, 1.54) is 6.07 Å². The topological polar surface area (TPSA) is 26.0 Å². The molecule has 0 aromatic heterocycles. The Labute approximate surface area is 99.2 Å². The molecule has 1 rings (SSSR count). The number of hydrogen-bond donors (Lipinski definition) is 1. The lowest BCUT2D eigenvalue weighted by molar-refractivity contribution is 0.597. The quantitative estimate of drug-likeness (QED) is 0.865. The molecule has 0 fully saturated rings. The van der Waals surface area contributed by atoms with Crippen molar-refractivity contribution in [3.8, 4) is 0 Å². The van der Waals surface area contributed by atoms with Crippen LogP contribution in [0.15, 0.2) is 18.2 Å². The van der Waals surface area contributed by atoms with Crippen LogP contribution in [0.2, 0.25) is 5.02 Å². The van der Waals surface area contributed by atoms with E-state index in [1.807, 2.05) is 0 Å². The Bertz CT molecular complexity index is 299. The summed E-state index contributed by atoms with van der Waals surface area (Å²) in [6.07, 6.45) is 0.499. The lowest BCUT2D eigenvalue weighted by atomic mass is 10.1. The van der Waals surface area contributed by atoms with Crippen LogP contribution in [0.5, 0.6) is 0 Å². The van der Waals surface area contributed by atoms with Crippen LogP contribution >= 0.6 is 23.4 Å². The van der Waals surface area contributed by atoms with E-state index < -0.39 is 0 Å². The first-order valence-electron chi connectivity index (χ1n) is 4.91. The molecule has 4 heteroatoms. The predicted octanol–water partition coefficient (Wildman–Crippen LogP) is 3.10. The van der Waals surface area contributed by atoms with Gasteiger partial charge < -0.3 is 5.73 Å². The molecule has 1 atom stereocenters. The summed E-state index contributed by atoms with van der Waals surface area (Å²) in [5.41, 5.74) is 6.41. The molecule has 1 unspecified atom stereocenters. The molecule has 0 aliphatic heterocycles. The van der Waals surface area contributed by atoms with E-state index in [-0.39, 0.29) is 11.9 Å². The molecule has 1 nitrogen and oxygen atoms in total. The fraction of sp³-hybridized carbons (Fsp3) is 0.455. The van der Waals surface area contributed by atoms with Gasteiger partial charge in [-0.15, -0.1) is 0 Å². The first-order valence-corrected chi connectivity index (χ1v) is 6.44. The molecule has 0 aliphatic rings. The summed E-state index contributed by atoms with van der Waals surface area (Å²) < 4.78 is 13.4. The van der Waals surface area contributed by atoms with Crippen molar-refractivity contribution in [3.05, 3.63) is 34.6 Å². The van der Waals surface area contributed by atoms with Crippen LogP contribution in [-0.4, -0.2) is 17.5 Å². The third-order valence-corrected chi connectivity index (χ3v) is 3.49. The van der Waals surface area contributed by atoms with Gasteiger partial charge in [0.05, 0.1) is 0 Å². The van der Waals surface area contributed by atoms with Gasteiger partial charge in [0.1, 0.15) is 5.82 Å². The van der Waals surface area contributed by atoms with Crippen molar-refractivity contribution in [1.82, 2.24) is 0 Å². The highest BCUT2D eigenvalue weighted by Gasteiger charge is 2.11. The Kier molecular flexibility index (Phi) is 5.43. The van der Waals surface area contributed by atoms with Gasteiger partial charge in [0.15, 0.2) is 0 Å². The van der Waals surface area contributed by atoms with E-state index >= 15 is 0 Å². The number of rotatable bonds is 5. The van der Waals surface area contributed by atoms with Crippen molar-refractivity contribution in [2.45, 2.75) is 19.4 Å². The average molecular weight is 248 g/mol. The molecular formula is C11H15ClFNS. The van der Waals surface area contributed by atoms with Crippen LogP contribution in [0.4, 0.5) is 4.39 Å². The minimum Gasteiger partial charge on any atom is -0.327 e. The number of hydrogen-bond acceptors (Lipinski definition) is 2. The first kappa shape index (κ1) is 12.8. The van der Waals surface area contributed by atoms with E-state index in [0.29, 0.717) is 17.0 Å². The number of thioether (sulfide) groups is 1. The molecule has 1 aromatic carbocycles. The van der Waals surface area contributed by atoms with Gasteiger partial charge in [-0.1, -0.05) is 24.6 Å². The third-order valence-electron chi connectivity index (χ3n) is 2.06. The molecule has 84 valence electrons. The first-order chi connectivity index (χ1) is 7.15. The van der Waals surface area contributed by atoms with Crippen molar-refractivity contribution >= 4 is 23.4 Å². The standard InChI is InChI=1S/C11H15ClFNS/c1-2-15-7-8(14)6-9-10(12)4-3-5-11(9)13/h3-5,8H,2,6-7,14H2,1H3. The zero-order chi connectivity index (χ0) is 11.3. The van der Waals surface area contributed by atoms with Gasteiger partial charge in [-0.25, -0.2) is 4.39 Å². The fourth-order valence-corrected chi connectivity index (χ4v) is 2.21. The molecule has 0 bridgehead atoms. The highest BCUT2D eigenvalue weighted by atomic mass is 35.5. The maximum absolute atomic E-state index is 13.4. The molecule has 0 radical (unpaired) electrons. The smallest absolute Gasteiger partial charge is 0.127 e. The molecule has 2 N–H and O–H groups in total. The van der Waals surface area contributed by atoms with Gasteiger partial charge in [0.25, 0.3) is 0 Å². The third kappa shape index (κ3) is 4.01. The van der Waals surface area contributed by atoms with E-state index in [4.69, 9.17) is 17.3 Å². The fourth-order valence-electron chi connectivity index (χ4n) is 1.32. The summed E-state index contributed by atoms with van der Waals surface area (Å²) >= 11 is 7.66. The summed E-state index contributed by atoms with van der Waals surface area (Å²) in [5, 5.41) is 0.465. The molecule has 15 heavy (non-hydrogen) atoms. The van der Waals surface area contributed by atoms with Gasteiger partial charge in [-0.3, -0.25) is 0 Å². The highest BCUT2D eigenvalue weighted by Crippen LogP contribution is 2.20. The number of benzene rings is 1. The Hall–Kier alpha value is -0.250. The van der Waals surface area contributed by atoms with Crippen LogP contribution in [-0.2, 0) is 6.42 Å². The molecule has 0 saturated carbocycles. The molecule has 0 aliphatic carbocycles. The van der Waals surface area contributed by atoms with Gasteiger partial charge in [0.2, 0.25) is 0 Å². The molecule has 0 amide bonds. The van der Waals surface area contributed by atoms with Crippen LogP contribution < -0.4 is 5.73 Å². The Balaban J connectivity index is 2.63. The van der Waals surface area contributed by atoms with Crippen LogP contribution in [0.3, 0.4) is 0 Å². The normalized spacial score (nSPS) is 12.8. The van der Waals surface area contributed by atoms with Gasteiger partial charge >= 0.3 is 0 Å². The zero-order valence-electron chi connectivity index (χ0n) is 8.67. The average Bonchev–Trinajstić information content (AvgIpc) is 2.21. The SMILES string of the molecule is CCSCC(N)Cc1c(F)cccc1Cl. The van der Waals surface area contributed by atoms with E-state index in [0.717, 1.165) is 11.5 Å². The zero-order valence-corrected chi connectivity index (χ0v) is 10.2. The van der Waals surface area contributed by atoms with Gasteiger partial charge in [0, 0.05) is 22.4 Å². The second kappa shape index (κ2) is 6.36. The van der Waals surface area contributed by atoms with Crippen molar-refractivity contribution < 1.29 is 4.39 Å². The van der Waals surface area contributed by atoms with E-state index in [1.54, 1.807) is 23.9 Å². The summed E-state index contributed by atoms with van der Waals surface area (Å²) in [6.45, 7) is 2.08. The van der Waals surface area contributed by atoms with Crippen LogP contribution in [0.1, 0.15) is 12.5 Å². The monoisotopic (exact) mass is 247 g/mol. The second-order valence-electron chi connectivity index (χ2n) is 3.32. The van der Waals surface area contributed by atoms with Crippen molar-refractivity contribution in [3.63, 3.8) is 0 Å². The van der Waals surface area contributed by atoms with E-state index in [2.05, 4.69) is 6.92 Å². The Morgan fingerprint density at radius 2 is 2.27 bits per heavy atom. The van der Waals surface area contributed by atoms with Crippen LogP contribution in [0.25, 0.3) is 0 Å². The predicted molar refractivity (Wildman–Crippen MR) is 66.1 cm³/mol. The maximum Gasteiger partial charge on any atom is 0.127 e. The minimum absolute atomic E-state index is 0.0376. The van der Waals surface area contributed by atoms with Crippen LogP contribution in [0, 0.1) is 5.82 Å². The lowest BCUT2D eigenvalue weighted by Gasteiger charge is -2.12. The summed E-state index contributed by atoms with van der Waals surface area (Å²) in [5.74, 6) is 1.60. The van der Waals surface area contributed by atoms with E-state index in [9.17, 15) is 4.39 Å². The Morgan fingerprint density at radius 3 is 2.87 bits per heavy atom. The molecule has 0 saturated heterocycles. The summed E-state index contributed by atoms with van der Waals surface area (Å²) in [6, 6.07) is 4.68. The minimum atomic E-state index is -0.264. The van der Waals surface area contributed by atoms with Gasteiger partial charge in [-0.2, -0.15) is 11.8 Å².